The lowest BCUT2D eigenvalue weighted by atomic mass is 9.93. The first kappa shape index (κ1) is 25.8. The minimum absolute atomic E-state index is 0.0601. The Labute approximate surface area is 230 Å². The zero-order valence-electron chi connectivity index (χ0n) is 22.1. The molecule has 1 fully saturated rings. The van der Waals surface area contributed by atoms with Crippen molar-refractivity contribution in [3.63, 3.8) is 0 Å². The summed E-state index contributed by atoms with van der Waals surface area (Å²) in [6.07, 6.45) is 6.74. The van der Waals surface area contributed by atoms with Gasteiger partial charge in [-0.15, -0.1) is 11.3 Å². The first-order valence-electron chi connectivity index (χ1n) is 13.5. The Morgan fingerprint density at radius 2 is 2.03 bits per heavy atom. The Balaban J connectivity index is 1.40. The van der Waals surface area contributed by atoms with Gasteiger partial charge in [0.05, 0.1) is 24.6 Å². The normalized spacial score (nSPS) is 16.7. The lowest BCUT2D eigenvalue weighted by molar-refractivity contribution is 0.0524. The number of methoxy groups -OCH3 is 1. The molecular weight excluding hydrogens is 515 g/mol. The zero-order valence-corrected chi connectivity index (χ0v) is 22.9. The third kappa shape index (κ3) is 4.87. The van der Waals surface area contributed by atoms with Crippen LogP contribution in [0, 0.1) is 5.82 Å². The summed E-state index contributed by atoms with van der Waals surface area (Å²) in [7, 11) is 1.64. The van der Waals surface area contributed by atoms with Gasteiger partial charge in [0.25, 0.3) is 0 Å². The number of carbonyl (C=O) groups is 1. The van der Waals surface area contributed by atoms with Gasteiger partial charge >= 0.3 is 5.97 Å². The lowest BCUT2D eigenvalue weighted by Crippen LogP contribution is -2.23. The second-order valence-electron chi connectivity index (χ2n) is 10.2. The van der Waals surface area contributed by atoms with Crippen LogP contribution in [0.1, 0.15) is 71.1 Å². The van der Waals surface area contributed by atoms with E-state index in [1.54, 1.807) is 43.7 Å². The molecule has 0 spiro atoms. The molecule has 6 rings (SSSR count). The minimum Gasteiger partial charge on any atom is -0.494 e. The summed E-state index contributed by atoms with van der Waals surface area (Å²) in [5.74, 6) is -0.168. The molecule has 39 heavy (non-hydrogen) atoms. The molecule has 1 saturated carbocycles. The highest BCUT2D eigenvalue weighted by Crippen LogP contribution is 2.46. The van der Waals surface area contributed by atoms with Crippen molar-refractivity contribution in [1.29, 1.82) is 0 Å². The molecule has 0 aliphatic heterocycles. The first-order chi connectivity index (χ1) is 19.0. The quantitative estimate of drug-likeness (QED) is 0.254. The van der Waals surface area contributed by atoms with Gasteiger partial charge in [0.1, 0.15) is 11.4 Å². The van der Waals surface area contributed by atoms with Crippen LogP contribution in [0.4, 0.5) is 4.39 Å². The van der Waals surface area contributed by atoms with Gasteiger partial charge in [-0.3, -0.25) is 4.79 Å². The fraction of sp³-hybridized carbons (Fsp3) is 0.355. The van der Waals surface area contributed by atoms with E-state index in [2.05, 4.69) is 11.4 Å². The van der Waals surface area contributed by atoms with Crippen molar-refractivity contribution in [2.24, 2.45) is 0 Å². The average molecular weight is 547 g/mol. The molecule has 2 aromatic carbocycles. The number of aryl methyl sites for hydroxylation is 1. The van der Waals surface area contributed by atoms with Crippen LogP contribution in [0.2, 0.25) is 0 Å². The Hall–Kier alpha value is -3.49. The number of rotatable bonds is 8. The first-order valence-corrected chi connectivity index (χ1v) is 14.3. The summed E-state index contributed by atoms with van der Waals surface area (Å²) < 4.78 is 26.9. The topological polar surface area (TPSA) is 69.6 Å². The molecule has 4 aromatic rings. The van der Waals surface area contributed by atoms with E-state index in [9.17, 15) is 14.0 Å². The van der Waals surface area contributed by atoms with Crippen molar-refractivity contribution in [2.45, 2.75) is 57.7 Å². The molecule has 1 atom stereocenters. The molecule has 8 heteroatoms. The highest BCUT2D eigenvalue weighted by Gasteiger charge is 2.30. The number of thiophene rings is 1. The van der Waals surface area contributed by atoms with Crippen molar-refractivity contribution in [2.75, 3.05) is 13.7 Å². The van der Waals surface area contributed by atoms with Crippen molar-refractivity contribution < 1.29 is 18.7 Å². The van der Waals surface area contributed by atoms with Crippen LogP contribution < -0.4 is 15.5 Å². The average Bonchev–Trinajstić information content (AvgIpc) is 3.69. The van der Waals surface area contributed by atoms with Crippen LogP contribution in [0.15, 0.2) is 53.5 Å². The Morgan fingerprint density at radius 3 is 2.77 bits per heavy atom. The smallest absolute Gasteiger partial charge is 0.343 e. The van der Waals surface area contributed by atoms with Crippen LogP contribution in [-0.2, 0) is 17.7 Å². The number of hydrogen-bond acceptors (Lipinski definition) is 6. The lowest BCUT2D eigenvalue weighted by Gasteiger charge is -2.23. The molecule has 6 nitrogen and oxygen atoms in total. The van der Waals surface area contributed by atoms with E-state index in [0.29, 0.717) is 17.7 Å². The summed E-state index contributed by atoms with van der Waals surface area (Å²) in [5.41, 5.74) is 3.59. The van der Waals surface area contributed by atoms with Gasteiger partial charge in [-0.05, 0) is 80.5 Å². The number of hydrogen-bond donors (Lipinski definition) is 1. The van der Waals surface area contributed by atoms with Gasteiger partial charge in [0, 0.05) is 40.1 Å². The molecule has 1 unspecified atom stereocenters. The van der Waals surface area contributed by atoms with Crippen molar-refractivity contribution in [1.82, 2.24) is 9.88 Å². The molecule has 2 aliphatic carbocycles. The van der Waals surface area contributed by atoms with Gasteiger partial charge < -0.3 is 19.4 Å². The van der Waals surface area contributed by atoms with Gasteiger partial charge in [-0.1, -0.05) is 12.1 Å². The molecule has 0 amide bonds. The molecule has 2 heterocycles. The van der Waals surface area contributed by atoms with Crippen molar-refractivity contribution in [3.8, 4) is 16.2 Å². The van der Waals surface area contributed by atoms with E-state index >= 15 is 0 Å². The minimum atomic E-state index is -0.593. The SMILES string of the molecule is CCOC(=O)c1cn(C2CC2)c2c(OC)c(-c3cc4c(s3)CCCC4NCc3cccc(F)c3)ccc2c1=O. The molecule has 1 N–H and O–H groups in total. The van der Waals surface area contributed by atoms with E-state index in [1.807, 2.05) is 22.8 Å². The number of nitrogens with zero attached hydrogens (tertiary/aromatic N) is 1. The maximum atomic E-state index is 13.7. The van der Waals surface area contributed by atoms with Gasteiger partial charge in [-0.25, -0.2) is 9.18 Å². The Bertz CT molecular complexity index is 1620. The Morgan fingerprint density at radius 1 is 1.18 bits per heavy atom. The van der Waals surface area contributed by atoms with E-state index < -0.39 is 5.97 Å². The van der Waals surface area contributed by atoms with E-state index in [0.717, 1.165) is 53.6 Å². The number of esters is 1. The molecule has 2 aromatic heterocycles. The second-order valence-corrected chi connectivity index (χ2v) is 11.4. The van der Waals surface area contributed by atoms with Gasteiger partial charge in [0.15, 0.2) is 5.75 Å². The number of benzene rings is 2. The standard InChI is InChI=1S/C31H31FN2O4S/c1-3-38-31(36)24-17-34(20-10-11-20)28-22(29(24)35)13-12-21(30(28)37-2)27-15-23-25(8-5-9-26(23)39-27)33-16-18-6-4-7-19(32)14-18/h4,6-7,12-15,17,20,25,33H,3,5,8-11,16H2,1-2H3. The predicted octanol–water partition coefficient (Wildman–Crippen LogP) is 6.56. The van der Waals surface area contributed by atoms with Crippen LogP contribution in [0.5, 0.6) is 5.75 Å². The monoisotopic (exact) mass is 546 g/mol. The third-order valence-electron chi connectivity index (χ3n) is 7.61. The summed E-state index contributed by atoms with van der Waals surface area (Å²) >= 11 is 1.76. The van der Waals surface area contributed by atoms with Crippen LogP contribution >= 0.6 is 11.3 Å². The highest BCUT2D eigenvalue weighted by atomic mass is 32.1. The molecule has 2 aliphatic rings. The number of fused-ring (bicyclic) bond motifs is 2. The largest absolute Gasteiger partial charge is 0.494 e. The van der Waals surface area contributed by atoms with Crippen LogP contribution in [-0.4, -0.2) is 24.3 Å². The summed E-state index contributed by atoms with van der Waals surface area (Å²) in [4.78, 5) is 28.4. The fourth-order valence-corrected chi connectivity index (χ4v) is 6.89. The number of ether oxygens (including phenoxy) is 2. The number of nitrogens with one attached hydrogen (secondary N) is 1. The number of carbonyl (C=O) groups excluding carboxylic acids is 1. The van der Waals surface area contributed by atoms with Crippen LogP contribution in [0.3, 0.4) is 0 Å². The third-order valence-corrected chi connectivity index (χ3v) is 8.85. The highest BCUT2D eigenvalue weighted by molar-refractivity contribution is 7.15. The van der Waals surface area contributed by atoms with Crippen molar-refractivity contribution in [3.05, 3.63) is 86.3 Å². The molecule has 0 radical (unpaired) electrons. The number of aromatic nitrogens is 1. The van der Waals surface area contributed by atoms with Crippen LogP contribution in [0.25, 0.3) is 21.3 Å². The molecule has 202 valence electrons. The molecular formula is C31H31FN2O4S. The summed E-state index contributed by atoms with van der Waals surface area (Å²) in [5, 5.41) is 4.09. The summed E-state index contributed by atoms with van der Waals surface area (Å²) in [6.45, 7) is 2.54. The van der Waals surface area contributed by atoms with Gasteiger partial charge in [-0.2, -0.15) is 0 Å². The molecule has 0 saturated heterocycles. The molecule has 0 bridgehead atoms. The summed E-state index contributed by atoms with van der Waals surface area (Å²) in [6, 6.07) is 13.1. The number of halogens is 1. The van der Waals surface area contributed by atoms with E-state index in [1.165, 1.54) is 16.5 Å². The van der Waals surface area contributed by atoms with E-state index in [-0.39, 0.29) is 35.5 Å². The van der Waals surface area contributed by atoms with Gasteiger partial charge in [0.2, 0.25) is 5.43 Å². The van der Waals surface area contributed by atoms with E-state index in [4.69, 9.17) is 9.47 Å². The zero-order chi connectivity index (χ0) is 27.1. The fourth-order valence-electron chi connectivity index (χ4n) is 5.60. The number of pyridine rings is 1. The maximum absolute atomic E-state index is 13.7. The predicted molar refractivity (Wildman–Crippen MR) is 151 cm³/mol. The second kappa shape index (κ2) is 10.6. The Kier molecular flexibility index (Phi) is 6.99. The van der Waals surface area contributed by atoms with Crippen molar-refractivity contribution >= 4 is 28.2 Å². The maximum Gasteiger partial charge on any atom is 0.343 e.